The van der Waals surface area contributed by atoms with E-state index >= 15 is 0 Å². The van der Waals surface area contributed by atoms with Crippen molar-refractivity contribution in [2.75, 3.05) is 10.6 Å². The van der Waals surface area contributed by atoms with Crippen LogP contribution in [0.5, 0.6) is 0 Å². The quantitative estimate of drug-likeness (QED) is 0.472. The largest absolute Gasteiger partial charge is 0.363 e. The molecule has 1 atom stereocenters. The number of hydrogen-bond acceptors (Lipinski definition) is 4. The summed E-state index contributed by atoms with van der Waals surface area (Å²) in [7, 11) is 0. The summed E-state index contributed by atoms with van der Waals surface area (Å²) in [6.07, 6.45) is 0. The Morgan fingerprint density at radius 3 is 2.41 bits per heavy atom. The summed E-state index contributed by atoms with van der Waals surface area (Å²) in [5, 5.41) is 7.89. The molecule has 1 heterocycles. The predicted octanol–water partition coefficient (Wildman–Crippen LogP) is 5.85. The van der Waals surface area contributed by atoms with Gasteiger partial charge in [0.15, 0.2) is 0 Å². The molecule has 0 radical (unpaired) electrons. The van der Waals surface area contributed by atoms with Gasteiger partial charge in [0.1, 0.15) is 5.82 Å². The van der Waals surface area contributed by atoms with Crippen LogP contribution in [0.25, 0.3) is 10.9 Å². The lowest BCUT2D eigenvalue weighted by Crippen LogP contribution is -2.10. The third kappa shape index (κ3) is 3.90. The molecule has 0 spiro atoms. The van der Waals surface area contributed by atoms with Gasteiger partial charge in [0.05, 0.1) is 5.52 Å². The van der Waals surface area contributed by atoms with Gasteiger partial charge in [-0.05, 0) is 49.2 Å². The van der Waals surface area contributed by atoms with Gasteiger partial charge in [-0.1, -0.05) is 54.6 Å². The molecule has 0 saturated carbocycles. The van der Waals surface area contributed by atoms with E-state index in [0.29, 0.717) is 5.95 Å². The fourth-order valence-corrected chi connectivity index (χ4v) is 3.12. The maximum absolute atomic E-state index is 4.76. The zero-order valence-corrected chi connectivity index (χ0v) is 15.5. The summed E-state index contributed by atoms with van der Waals surface area (Å²) >= 11 is 0. The SMILES string of the molecule is Cc1cccc(Nc2nc(NC(C)c3ccccc3)c3ccccc3n2)c1. The predicted molar refractivity (Wildman–Crippen MR) is 112 cm³/mol. The molecule has 27 heavy (non-hydrogen) atoms. The van der Waals surface area contributed by atoms with Gasteiger partial charge in [-0.15, -0.1) is 0 Å². The van der Waals surface area contributed by atoms with E-state index in [-0.39, 0.29) is 6.04 Å². The van der Waals surface area contributed by atoms with Gasteiger partial charge in [0.25, 0.3) is 0 Å². The minimum atomic E-state index is 0.135. The van der Waals surface area contributed by atoms with Crippen molar-refractivity contribution in [3.05, 3.63) is 90.0 Å². The minimum Gasteiger partial charge on any atom is -0.363 e. The Kier molecular flexibility index (Phi) is 4.71. The van der Waals surface area contributed by atoms with Crippen LogP contribution in [-0.2, 0) is 0 Å². The van der Waals surface area contributed by atoms with Crippen LogP contribution in [0.3, 0.4) is 0 Å². The summed E-state index contributed by atoms with van der Waals surface area (Å²) in [6, 6.07) is 26.8. The molecule has 0 aliphatic heterocycles. The highest BCUT2D eigenvalue weighted by Crippen LogP contribution is 2.27. The standard InChI is InChI=1S/C23H22N4/c1-16-9-8-12-19(15-16)25-23-26-21-14-7-6-13-20(21)22(27-23)24-17(2)18-10-4-3-5-11-18/h3-15,17H,1-2H3,(H2,24,25,26,27). The lowest BCUT2D eigenvalue weighted by Gasteiger charge is -2.17. The van der Waals surface area contributed by atoms with Crippen LogP contribution in [0.15, 0.2) is 78.9 Å². The van der Waals surface area contributed by atoms with Crippen molar-refractivity contribution in [1.82, 2.24) is 9.97 Å². The second-order valence-corrected chi connectivity index (χ2v) is 6.68. The first-order chi connectivity index (χ1) is 13.2. The fraction of sp³-hybridized carbons (Fsp3) is 0.130. The molecule has 2 N–H and O–H groups in total. The molecular formula is C23H22N4. The summed E-state index contributed by atoms with van der Waals surface area (Å²) in [5.41, 5.74) is 4.29. The number of aromatic nitrogens is 2. The van der Waals surface area contributed by atoms with Gasteiger partial charge < -0.3 is 10.6 Å². The topological polar surface area (TPSA) is 49.8 Å². The Morgan fingerprint density at radius 2 is 1.59 bits per heavy atom. The van der Waals surface area contributed by atoms with Crippen LogP contribution in [0, 0.1) is 6.92 Å². The molecule has 0 fully saturated rings. The maximum Gasteiger partial charge on any atom is 0.229 e. The second-order valence-electron chi connectivity index (χ2n) is 6.68. The third-order valence-electron chi connectivity index (χ3n) is 4.53. The lowest BCUT2D eigenvalue weighted by molar-refractivity contribution is 0.876. The molecule has 4 rings (SSSR count). The summed E-state index contributed by atoms with van der Waals surface area (Å²) in [5.74, 6) is 1.41. The maximum atomic E-state index is 4.76. The van der Waals surface area contributed by atoms with Crippen LogP contribution in [0.2, 0.25) is 0 Å². The average Bonchev–Trinajstić information content (AvgIpc) is 2.69. The van der Waals surface area contributed by atoms with E-state index in [2.05, 4.69) is 65.9 Å². The Bertz CT molecular complexity index is 1060. The van der Waals surface area contributed by atoms with Gasteiger partial charge in [0, 0.05) is 17.1 Å². The van der Waals surface area contributed by atoms with Crippen LogP contribution in [0.1, 0.15) is 24.1 Å². The third-order valence-corrected chi connectivity index (χ3v) is 4.53. The molecule has 0 aliphatic rings. The zero-order valence-electron chi connectivity index (χ0n) is 15.5. The Balaban J connectivity index is 1.70. The number of anilines is 3. The molecule has 134 valence electrons. The van der Waals surface area contributed by atoms with E-state index in [1.807, 2.05) is 42.5 Å². The number of hydrogen-bond donors (Lipinski definition) is 2. The molecule has 4 aromatic rings. The highest BCUT2D eigenvalue weighted by molar-refractivity contribution is 5.90. The normalized spacial score (nSPS) is 11.9. The van der Waals surface area contributed by atoms with Crippen molar-refractivity contribution in [2.45, 2.75) is 19.9 Å². The van der Waals surface area contributed by atoms with Gasteiger partial charge in [-0.25, -0.2) is 4.98 Å². The highest BCUT2D eigenvalue weighted by atomic mass is 15.1. The van der Waals surface area contributed by atoms with E-state index in [1.54, 1.807) is 0 Å². The molecule has 0 aliphatic carbocycles. The van der Waals surface area contributed by atoms with Crippen molar-refractivity contribution < 1.29 is 0 Å². The molecule has 4 nitrogen and oxygen atoms in total. The van der Waals surface area contributed by atoms with Gasteiger partial charge >= 0.3 is 0 Å². The van der Waals surface area contributed by atoms with Crippen LogP contribution >= 0.6 is 0 Å². The number of nitrogens with zero attached hydrogens (tertiary/aromatic N) is 2. The fourth-order valence-electron chi connectivity index (χ4n) is 3.12. The van der Waals surface area contributed by atoms with Crippen molar-refractivity contribution in [3.8, 4) is 0 Å². The van der Waals surface area contributed by atoms with E-state index in [1.165, 1.54) is 11.1 Å². The van der Waals surface area contributed by atoms with Crippen LogP contribution in [-0.4, -0.2) is 9.97 Å². The molecule has 3 aromatic carbocycles. The molecule has 0 amide bonds. The average molecular weight is 354 g/mol. The first-order valence-corrected chi connectivity index (χ1v) is 9.11. The van der Waals surface area contributed by atoms with E-state index in [0.717, 1.165) is 22.4 Å². The summed E-state index contributed by atoms with van der Waals surface area (Å²) in [4.78, 5) is 9.44. The highest BCUT2D eigenvalue weighted by Gasteiger charge is 2.11. The molecular weight excluding hydrogens is 332 g/mol. The zero-order chi connectivity index (χ0) is 18.6. The smallest absolute Gasteiger partial charge is 0.229 e. The number of rotatable bonds is 5. The van der Waals surface area contributed by atoms with Crippen molar-refractivity contribution in [2.24, 2.45) is 0 Å². The number of aryl methyl sites for hydroxylation is 1. The number of fused-ring (bicyclic) bond motifs is 1. The van der Waals surface area contributed by atoms with Crippen molar-refractivity contribution in [3.63, 3.8) is 0 Å². The van der Waals surface area contributed by atoms with Gasteiger partial charge in [0.2, 0.25) is 5.95 Å². The molecule has 0 saturated heterocycles. The lowest BCUT2D eigenvalue weighted by atomic mass is 10.1. The number of nitrogens with one attached hydrogen (secondary N) is 2. The molecule has 1 unspecified atom stereocenters. The van der Waals surface area contributed by atoms with Crippen LogP contribution in [0.4, 0.5) is 17.5 Å². The van der Waals surface area contributed by atoms with Gasteiger partial charge in [-0.3, -0.25) is 0 Å². The number of para-hydroxylation sites is 1. The first kappa shape index (κ1) is 17.0. The number of benzene rings is 3. The first-order valence-electron chi connectivity index (χ1n) is 9.11. The van der Waals surface area contributed by atoms with E-state index < -0.39 is 0 Å². The monoisotopic (exact) mass is 354 g/mol. The van der Waals surface area contributed by atoms with E-state index in [9.17, 15) is 0 Å². The van der Waals surface area contributed by atoms with Crippen molar-refractivity contribution >= 4 is 28.4 Å². The Hall–Kier alpha value is -3.40. The van der Waals surface area contributed by atoms with Crippen molar-refractivity contribution in [1.29, 1.82) is 0 Å². The Morgan fingerprint density at radius 1 is 0.815 bits per heavy atom. The summed E-state index contributed by atoms with van der Waals surface area (Å²) in [6.45, 7) is 4.21. The second kappa shape index (κ2) is 7.46. The summed E-state index contributed by atoms with van der Waals surface area (Å²) < 4.78 is 0. The molecule has 4 heteroatoms. The molecule has 0 bridgehead atoms. The molecule has 1 aromatic heterocycles. The van der Waals surface area contributed by atoms with Gasteiger partial charge in [-0.2, -0.15) is 4.98 Å². The van der Waals surface area contributed by atoms with Crippen LogP contribution < -0.4 is 10.6 Å². The minimum absolute atomic E-state index is 0.135. The van der Waals surface area contributed by atoms with E-state index in [4.69, 9.17) is 4.98 Å². The Labute approximate surface area is 159 Å².